The highest BCUT2D eigenvalue weighted by molar-refractivity contribution is 5.94. The first-order valence-electron chi connectivity index (χ1n) is 10.8. The molecular formula is C22H31ClN6O3. The zero-order valence-corrected chi connectivity index (χ0v) is 19.3. The number of carbonyl (C=O) groups is 2. The van der Waals surface area contributed by atoms with Crippen molar-refractivity contribution in [1.82, 2.24) is 25.3 Å². The van der Waals surface area contributed by atoms with Gasteiger partial charge in [0.25, 0.3) is 0 Å². The van der Waals surface area contributed by atoms with Gasteiger partial charge in [-0.15, -0.1) is 12.4 Å². The fourth-order valence-electron chi connectivity index (χ4n) is 4.62. The summed E-state index contributed by atoms with van der Waals surface area (Å²) in [6.45, 7) is 9.44. The van der Waals surface area contributed by atoms with Crippen LogP contribution in [0.15, 0.2) is 30.6 Å². The van der Waals surface area contributed by atoms with Crippen LogP contribution in [0.2, 0.25) is 0 Å². The van der Waals surface area contributed by atoms with Crippen molar-refractivity contribution in [3.05, 3.63) is 36.2 Å². The van der Waals surface area contributed by atoms with Crippen molar-refractivity contribution in [2.24, 2.45) is 0 Å². The lowest BCUT2D eigenvalue weighted by Gasteiger charge is -2.39. The molecule has 4 rings (SSSR count). The minimum atomic E-state index is -1.06. The van der Waals surface area contributed by atoms with Crippen molar-refractivity contribution in [2.45, 2.75) is 38.9 Å². The summed E-state index contributed by atoms with van der Waals surface area (Å²) in [6, 6.07) is 5.43. The number of carboxylic acid groups (broad SMARTS) is 1. The van der Waals surface area contributed by atoms with Gasteiger partial charge in [-0.1, -0.05) is 6.07 Å². The van der Waals surface area contributed by atoms with Crippen LogP contribution in [0, 0.1) is 0 Å². The number of hydrogen-bond acceptors (Lipinski definition) is 5. The number of nitrogens with zero attached hydrogens (tertiary/aromatic N) is 4. The number of nitrogens with one attached hydrogen (secondary N) is 2. The van der Waals surface area contributed by atoms with E-state index < -0.39 is 6.09 Å². The van der Waals surface area contributed by atoms with Gasteiger partial charge in [0.1, 0.15) is 0 Å². The molecule has 0 radical (unpaired) electrons. The molecule has 0 aliphatic carbocycles. The number of amides is 2. The fraction of sp³-hybridized carbons (Fsp3) is 0.500. The molecule has 2 aliphatic heterocycles. The van der Waals surface area contributed by atoms with Crippen molar-refractivity contribution in [3.63, 3.8) is 0 Å². The van der Waals surface area contributed by atoms with Crippen LogP contribution in [0.5, 0.6) is 0 Å². The summed E-state index contributed by atoms with van der Waals surface area (Å²) in [5.41, 5.74) is 3.52. The van der Waals surface area contributed by atoms with Gasteiger partial charge >= 0.3 is 6.09 Å². The summed E-state index contributed by atoms with van der Waals surface area (Å²) >= 11 is 0. The number of aromatic nitrogens is 2. The number of fused-ring (bicyclic) bond motifs is 1. The molecule has 1 fully saturated rings. The van der Waals surface area contributed by atoms with Crippen molar-refractivity contribution >= 4 is 30.1 Å². The molecule has 2 atom stereocenters. The zero-order valence-electron chi connectivity index (χ0n) is 18.5. The number of benzene rings is 1. The maximum Gasteiger partial charge on any atom is 0.405 e. The van der Waals surface area contributed by atoms with Crippen molar-refractivity contribution < 1.29 is 14.7 Å². The number of carbonyl (C=O) groups excluding carboxylic acids is 1. The summed E-state index contributed by atoms with van der Waals surface area (Å²) in [5, 5.41) is 19.8. The minimum Gasteiger partial charge on any atom is -0.465 e. The fourth-order valence-corrected chi connectivity index (χ4v) is 4.62. The largest absolute Gasteiger partial charge is 0.465 e. The Labute approximate surface area is 194 Å². The molecule has 2 aliphatic rings. The number of rotatable bonds is 5. The summed E-state index contributed by atoms with van der Waals surface area (Å²) in [6.07, 6.45) is 3.34. The van der Waals surface area contributed by atoms with Crippen LogP contribution < -0.4 is 15.5 Å². The summed E-state index contributed by atoms with van der Waals surface area (Å²) in [4.78, 5) is 27.7. The Balaban J connectivity index is 0.00000289. The highest BCUT2D eigenvalue weighted by atomic mass is 35.5. The SMILES string of the molecule is CC(=O)N1c2ccc(-c3cnn(CCN4CCNCC4)c3)cc2C(NC(=O)O)CC1C.Cl. The predicted octanol–water partition coefficient (Wildman–Crippen LogP) is 2.33. The third kappa shape index (κ3) is 5.23. The average Bonchev–Trinajstić information content (AvgIpc) is 3.21. The molecule has 10 heteroatoms. The van der Waals surface area contributed by atoms with Crippen LogP contribution in [-0.4, -0.2) is 70.6 Å². The van der Waals surface area contributed by atoms with Gasteiger partial charge in [0.2, 0.25) is 5.91 Å². The van der Waals surface area contributed by atoms with E-state index in [0.717, 1.165) is 61.6 Å². The number of hydrogen-bond donors (Lipinski definition) is 3. The molecule has 3 heterocycles. The standard InChI is InChI=1S/C22H30N6O3.ClH/c1-15-11-20(25-22(30)31)19-12-17(3-4-21(19)28(15)16(2)29)18-13-24-27(14-18)10-9-26-7-5-23-6-8-26;/h3-4,12-15,20,23,25H,5-11H2,1-2H3,(H,30,31);1H. The second-order valence-electron chi connectivity index (χ2n) is 8.33. The molecule has 2 unspecified atom stereocenters. The van der Waals surface area contributed by atoms with Crippen molar-refractivity contribution in [1.29, 1.82) is 0 Å². The molecule has 2 aromatic rings. The Kier molecular flexibility index (Phi) is 7.76. The Morgan fingerprint density at radius 1 is 1.22 bits per heavy atom. The first-order valence-corrected chi connectivity index (χ1v) is 10.8. The van der Waals surface area contributed by atoms with Gasteiger partial charge in [0.15, 0.2) is 0 Å². The van der Waals surface area contributed by atoms with Gasteiger partial charge in [0, 0.05) is 63.1 Å². The average molecular weight is 463 g/mol. The van der Waals surface area contributed by atoms with Crippen LogP contribution in [0.4, 0.5) is 10.5 Å². The van der Waals surface area contributed by atoms with Crippen LogP contribution in [-0.2, 0) is 11.3 Å². The van der Waals surface area contributed by atoms with Crippen LogP contribution in [0.25, 0.3) is 11.1 Å². The molecule has 174 valence electrons. The maximum atomic E-state index is 12.2. The van der Waals surface area contributed by atoms with Crippen molar-refractivity contribution in [3.8, 4) is 11.1 Å². The van der Waals surface area contributed by atoms with Gasteiger partial charge in [-0.2, -0.15) is 5.10 Å². The molecule has 3 N–H and O–H groups in total. The Hall–Kier alpha value is -2.62. The second-order valence-corrected chi connectivity index (χ2v) is 8.33. The minimum absolute atomic E-state index is 0. The molecule has 1 aromatic heterocycles. The van der Waals surface area contributed by atoms with E-state index in [1.165, 1.54) is 0 Å². The first kappa shape index (κ1) is 24.0. The first-order chi connectivity index (χ1) is 14.9. The van der Waals surface area contributed by atoms with E-state index in [4.69, 9.17) is 0 Å². The Bertz CT molecular complexity index is 959. The third-order valence-electron chi connectivity index (χ3n) is 6.14. The highest BCUT2D eigenvalue weighted by Gasteiger charge is 2.33. The van der Waals surface area contributed by atoms with Gasteiger partial charge in [-0.25, -0.2) is 4.79 Å². The molecule has 9 nitrogen and oxygen atoms in total. The molecule has 0 spiro atoms. The van der Waals surface area contributed by atoms with Crippen LogP contribution in [0.1, 0.15) is 31.9 Å². The monoisotopic (exact) mass is 462 g/mol. The predicted molar refractivity (Wildman–Crippen MR) is 125 cm³/mol. The molecule has 1 aromatic carbocycles. The van der Waals surface area contributed by atoms with E-state index in [-0.39, 0.29) is 30.4 Å². The lowest BCUT2D eigenvalue weighted by atomic mass is 9.89. The molecule has 0 bridgehead atoms. The normalized spacial score (nSPS) is 20.9. The van der Waals surface area contributed by atoms with E-state index >= 15 is 0 Å². The van der Waals surface area contributed by atoms with Crippen LogP contribution >= 0.6 is 12.4 Å². The Morgan fingerprint density at radius 3 is 2.66 bits per heavy atom. The molecule has 0 saturated carbocycles. The number of anilines is 1. The smallest absolute Gasteiger partial charge is 0.405 e. The number of piperazine rings is 1. The van der Waals surface area contributed by atoms with Gasteiger partial charge in [0.05, 0.1) is 18.8 Å². The summed E-state index contributed by atoms with van der Waals surface area (Å²) < 4.78 is 1.95. The van der Waals surface area contributed by atoms with E-state index in [9.17, 15) is 14.7 Å². The van der Waals surface area contributed by atoms with E-state index in [2.05, 4.69) is 20.6 Å². The topological polar surface area (TPSA) is 103 Å². The van der Waals surface area contributed by atoms with Gasteiger partial charge < -0.3 is 20.6 Å². The van der Waals surface area contributed by atoms with E-state index in [0.29, 0.717) is 6.42 Å². The van der Waals surface area contributed by atoms with Gasteiger partial charge in [-0.3, -0.25) is 14.4 Å². The molecular weight excluding hydrogens is 432 g/mol. The van der Waals surface area contributed by atoms with E-state index in [1.54, 1.807) is 11.8 Å². The summed E-state index contributed by atoms with van der Waals surface area (Å²) in [5.74, 6) is -0.0454. The van der Waals surface area contributed by atoms with Crippen molar-refractivity contribution in [2.75, 3.05) is 37.6 Å². The highest BCUT2D eigenvalue weighted by Crippen LogP contribution is 2.39. The number of halogens is 1. The second kappa shape index (κ2) is 10.3. The molecule has 32 heavy (non-hydrogen) atoms. The lowest BCUT2D eigenvalue weighted by Crippen LogP contribution is -2.45. The van der Waals surface area contributed by atoms with Crippen LogP contribution in [0.3, 0.4) is 0 Å². The Morgan fingerprint density at radius 2 is 1.97 bits per heavy atom. The lowest BCUT2D eigenvalue weighted by molar-refractivity contribution is -0.117. The third-order valence-corrected chi connectivity index (χ3v) is 6.14. The summed E-state index contributed by atoms with van der Waals surface area (Å²) in [7, 11) is 0. The van der Waals surface area contributed by atoms with Gasteiger partial charge in [-0.05, 0) is 36.6 Å². The quantitative estimate of drug-likeness (QED) is 0.630. The molecule has 1 saturated heterocycles. The maximum absolute atomic E-state index is 12.2. The zero-order chi connectivity index (χ0) is 22.0. The van der Waals surface area contributed by atoms with E-state index in [1.807, 2.05) is 42.2 Å². The molecule has 2 amide bonds.